The molecular formula is CeCoNiO. The van der Waals surface area contributed by atoms with Crippen LogP contribution in [0.1, 0.15) is 0 Å². The second-order valence-corrected chi connectivity index (χ2v) is 0. The van der Waals surface area contributed by atoms with Crippen LogP contribution in [0, 0.1) is 39.8 Å². The molecule has 0 aliphatic rings. The minimum atomic E-state index is 0. The van der Waals surface area contributed by atoms with E-state index in [-0.39, 0.29) is 73.0 Å². The van der Waals surface area contributed by atoms with E-state index in [1.807, 2.05) is 0 Å². The van der Waals surface area contributed by atoms with E-state index >= 15 is 0 Å². The van der Waals surface area contributed by atoms with Gasteiger partial charge in [0.25, 0.3) is 0 Å². The Bertz CT molecular complexity index is 8.00. The molecule has 4 heavy (non-hydrogen) atoms. The Kier molecular flexibility index (Phi) is 78.2. The predicted octanol–water partition coefficient (Wildman–Crippen LogP) is -0.124. The molecule has 0 N–H and O–H groups in total. The molecule has 0 atom stereocenters. The van der Waals surface area contributed by atoms with Gasteiger partial charge < -0.3 is 0 Å². The van der Waals surface area contributed by atoms with Gasteiger partial charge in [0.2, 0.25) is 0 Å². The van der Waals surface area contributed by atoms with Crippen molar-refractivity contribution in [2.24, 2.45) is 0 Å². The zero-order chi connectivity index (χ0) is 2.00. The first-order valence-corrected chi connectivity index (χ1v) is 1.49. The molecular weight excluding hydrogens is 274 g/mol. The van der Waals surface area contributed by atoms with E-state index in [9.17, 15) is 0 Å². The normalized spacial score (nSPS) is 0.750. The van der Waals surface area contributed by atoms with Gasteiger partial charge in [-0.25, -0.2) is 0 Å². The van der Waals surface area contributed by atoms with Crippen LogP contribution in [0.5, 0.6) is 0 Å². The summed E-state index contributed by atoms with van der Waals surface area (Å²) in [5.74, 6) is 0. The minimum absolute atomic E-state index is 0. The van der Waals surface area contributed by atoms with E-state index in [1.54, 1.807) is 0 Å². The number of hydrogen-bond acceptors (Lipinski definition) is 1. The molecule has 0 rings (SSSR count). The summed E-state index contributed by atoms with van der Waals surface area (Å²) in [6, 6.07) is 0. The average Bonchev–Trinajstić information content (AvgIpc) is 1.00. The van der Waals surface area contributed by atoms with Gasteiger partial charge in [0.1, 0.15) is 0 Å². The summed E-state index contributed by atoms with van der Waals surface area (Å²) in [4.78, 5) is 0. The number of hydrogen-bond donors (Lipinski definition) is 0. The van der Waals surface area contributed by atoms with E-state index in [2.05, 4.69) is 0 Å². The summed E-state index contributed by atoms with van der Waals surface area (Å²) in [5.41, 5.74) is 0. The van der Waals surface area contributed by atoms with Crippen LogP contribution in [0.2, 0.25) is 0 Å². The van der Waals surface area contributed by atoms with Crippen molar-refractivity contribution < 1.29 is 74.0 Å². The van der Waals surface area contributed by atoms with Gasteiger partial charge in [-0.2, -0.15) is 0 Å². The SMILES string of the molecule is [Co].[Ni].[O]=[Ce]. The number of rotatable bonds is 0. The molecule has 0 fully saturated rings. The van der Waals surface area contributed by atoms with Crippen molar-refractivity contribution in [2.45, 2.75) is 0 Å². The van der Waals surface area contributed by atoms with Gasteiger partial charge in [-0.05, 0) is 0 Å². The Morgan fingerprint density at radius 3 is 1.25 bits per heavy atom. The van der Waals surface area contributed by atoms with E-state index in [0.29, 0.717) is 0 Å². The van der Waals surface area contributed by atoms with Gasteiger partial charge in [0.05, 0.1) is 0 Å². The molecule has 1 nitrogen and oxygen atoms in total. The topological polar surface area (TPSA) is 17.1 Å². The molecule has 0 aromatic heterocycles. The van der Waals surface area contributed by atoms with Crippen molar-refractivity contribution in [1.82, 2.24) is 0 Å². The van der Waals surface area contributed by atoms with Gasteiger partial charge in [-0.3, -0.25) is 0 Å². The quantitative estimate of drug-likeness (QED) is 0.563. The van der Waals surface area contributed by atoms with Crippen molar-refractivity contribution in [3.8, 4) is 0 Å². The Morgan fingerprint density at radius 2 is 1.25 bits per heavy atom. The van der Waals surface area contributed by atoms with Gasteiger partial charge in [-0.15, -0.1) is 0 Å². The van der Waals surface area contributed by atoms with Crippen LogP contribution in [0.3, 0.4) is 0 Å². The first-order valence-electron chi connectivity index (χ1n) is 0.204. The van der Waals surface area contributed by atoms with Crippen LogP contribution in [0.25, 0.3) is 0 Å². The second kappa shape index (κ2) is 19.1. The molecule has 0 aromatic rings. The van der Waals surface area contributed by atoms with Crippen LogP contribution in [-0.2, 0) is 34.2 Å². The summed E-state index contributed by atoms with van der Waals surface area (Å²) < 4.78 is 8.39. The summed E-state index contributed by atoms with van der Waals surface area (Å²) in [5, 5.41) is 0. The second-order valence-electron chi connectivity index (χ2n) is 0. The third kappa shape index (κ3) is 8.90. The summed E-state index contributed by atoms with van der Waals surface area (Å²) in [6.45, 7) is 0. The summed E-state index contributed by atoms with van der Waals surface area (Å²) in [7, 11) is 0. The zero-order valence-corrected chi connectivity index (χ0v) is 6.73. The fourth-order valence-electron chi connectivity index (χ4n) is 0. The Labute approximate surface area is 72.6 Å². The molecule has 1 radical (unpaired) electrons. The molecule has 0 amide bonds. The zero-order valence-electron chi connectivity index (χ0n) is 1.56. The standard InChI is InChI=1S/Ce.Co.Ni.O. The fraction of sp³-hybridized carbons (Fsp3) is 0. The molecule has 0 saturated carbocycles. The van der Waals surface area contributed by atoms with Crippen molar-refractivity contribution >= 4 is 0 Å². The molecule has 29 valence electrons. The molecule has 0 aliphatic carbocycles. The van der Waals surface area contributed by atoms with Crippen molar-refractivity contribution in [2.75, 3.05) is 0 Å². The molecule has 0 saturated heterocycles. The Balaban J connectivity index is -0.00000000500. The molecule has 0 bridgehead atoms. The van der Waals surface area contributed by atoms with Crippen LogP contribution < -0.4 is 0 Å². The molecule has 0 unspecified atom stereocenters. The third-order valence-electron chi connectivity index (χ3n) is 0. The van der Waals surface area contributed by atoms with Crippen LogP contribution >= 0.6 is 0 Å². The molecule has 0 aromatic carbocycles. The van der Waals surface area contributed by atoms with Crippen LogP contribution in [-0.4, -0.2) is 0 Å². The van der Waals surface area contributed by atoms with Crippen LogP contribution in [0.4, 0.5) is 0 Å². The molecule has 4 heteroatoms. The van der Waals surface area contributed by atoms with E-state index < -0.39 is 0 Å². The van der Waals surface area contributed by atoms with Gasteiger partial charge >= 0.3 is 40.7 Å². The summed E-state index contributed by atoms with van der Waals surface area (Å²) in [6.07, 6.45) is 0. The fourth-order valence-corrected chi connectivity index (χ4v) is 0. The maximum absolute atomic E-state index is 8.39. The first kappa shape index (κ1) is 16.4. The van der Waals surface area contributed by atoms with Gasteiger partial charge in [0, 0.05) is 33.3 Å². The molecule has 0 heterocycles. The Hall–Kier alpha value is 2.18. The van der Waals surface area contributed by atoms with Crippen molar-refractivity contribution in [1.29, 1.82) is 0 Å². The molecule has 0 spiro atoms. The van der Waals surface area contributed by atoms with Crippen molar-refractivity contribution in [3.63, 3.8) is 0 Å². The Morgan fingerprint density at radius 1 is 1.25 bits per heavy atom. The van der Waals surface area contributed by atoms with Crippen molar-refractivity contribution in [3.05, 3.63) is 0 Å². The first-order chi connectivity index (χ1) is 1.00. The monoisotopic (exact) mass is 273 g/mol. The van der Waals surface area contributed by atoms with E-state index in [1.165, 1.54) is 0 Å². The van der Waals surface area contributed by atoms with Crippen LogP contribution in [0.15, 0.2) is 0 Å². The third-order valence-corrected chi connectivity index (χ3v) is 0. The molecule has 0 aliphatic heterocycles. The van der Waals surface area contributed by atoms with E-state index in [0.717, 1.165) is 0 Å². The maximum atomic E-state index is 8.39. The average molecular weight is 274 g/mol. The van der Waals surface area contributed by atoms with Gasteiger partial charge in [0.15, 0.2) is 0 Å². The predicted molar refractivity (Wildman–Crippen MR) is 0.686 cm³/mol. The van der Waals surface area contributed by atoms with Gasteiger partial charge in [-0.1, -0.05) is 0 Å². The van der Waals surface area contributed by atoms with E-state index in [4.69, 9.17) is 0.938 Å². The summed E-state index contributed by atoms with van der Waals surface area (Å²) >= 11 is 0.0556.